The highest BCUT2D eigenvalue weighted by molar-refractivity contribution is 5.97. The van der Waals surface area contributed by atoms with Gasteiger partial charge in [-0.25, -0.2) is 4.79 Å². The van der Waals surface area contributed by atoms with Gasteiger partial charge in [-0.2, -0.15) is 0 Å². The normalized spacial score (nSPS) is 22.0. The van der Waals surface area contributed by atoms with E-state index in [1.165, 1.54) is 21.6 Å². The molecule has 3 fully saturated rings. The van der Waals surface area contributed by atoms with Gasteiger partial charge in [0.05, 0.1) is 12.6 Å². The molecular weight excluding hydrogens is 694 g/mol. The number of likely N-dealkylation sites (tertiary alicyclic amines) is 3. The average molecular weight is 752 g/mol. The number of unbranched alkanes of at least 4 members (excludes halogenated alkanes) is 1. The van der Waals surface area contributed by atoms with Crippen molar-refractivity contribution < 1.29 is 43.8 Å². The number of hydrogen-bond donors (Lipinski definition) is 9. The largest absolute Gasteiger partial charge is 0.480 e. The van der Waals surface area contributed by atoms with E-state index in [0.29, 0.717) is 64.3 Å². The summed E-state index contributed by atoms with van der Waals surface area (Å²) in [6.45, 7) is 2.18. The maximum atomic E-state index is 14.0. The van der Waals surface area contributed by atoms with Crippen molar-refractivity contribution in [3.05, 3.63) is 0 Å². The quantitative estimate of drug-likeness (QED) is 0.0346. The zero-order chi connectivity index (χ0) is 39.2. The van der Waals surface area contributed by atoms with E-state index < -0.39 is 90.3 Å². The fourth-order valence-electron chi connectivity index (χ4n) is 6.98. The van der Waals surface area contributed by atoms with Gasteiger partial charge in [0, 0.05) is 26.2 Å². The summed E-state index contributed by atoms with van der Waals surface area (Å²) in [6, 6.07) is -6.26. The Labute approximate surface area is 308 Å². The SMILES string of the molecule is C[C@@H](O)[C@H](N)C(=O)N[C@@H](CCCCN)C(=O)N1CCC[C@H]1C(=O)N[C@@H](CCCN=C(N)N)C(=O)N1CCC[C@H]1C(=O)NCC(=O)N1CCC[C@H]1C(=O)O. The van der Waals surface area contributed by atoms with Crippen LogP contribution in [0, 0.1) is 0 Å². The van der Waals surface area contributed by atoms with Gasteiger partial charge in [-0.05, 0) is 84.1 Å². The number of carboxylic acid groups (broad SMARTS) is 1. The Kier molecular flexibility index (Phi) is 16.7. The molecule has 3 aliphatic rings. The summed E-state index contributed by atoms with van der Waals surface area (Å²) in [5.74, 6) is -4.71. The first-order chi connectivity index (χ1) is 25.2. The molecule has 0 aliphatic carbocycles. The number of aliphatic imine (C=N–C) groups is 1. The molecule has 3 aliphatic heterocycles. The van der Waals surface area contributed by atoms with Crippen LogP contribution >= 0.6 is 0 Å². The minimum Gasteiger partial charge on any atom is -0.480 e. The lowest BCUT2D eigenvalue weighted by Gasteiger charge is -2.32. The highest BCUT2D eigenvalue weighted by atomic mass is 16.4. The third-order valence-corrected chi connectivity index (χ3v) is 9.89. The van der Waals surface area contributed by atoms with Crippen molar-refractivity contribution >= 4 is 47.4 Å². The van der Waals surface area contributed by atoms with Crippen LogP contribution in [0.15, 0.2) is 4.99 Å². The number of nitrogens with one attached hydrogen (secondary N) is 3. The molecule has 53 heavy (non-hydrogen) atoms. The lowest BCUT2D eigenvalue weighted by Crippen LogP contribution is -2.59. The van der Waals surface area contributed by atoms with Crippen molar-refractivity contribution in [2.75, 3.05) is 39.3 Å². The number of rotatable bonds is 19. The second-order valence-corrected chi connectivity index (χ2v) is 13.8. The summed E-state index contributed by atoms with van der Waals surface area (Å²) in [7, 11) is 0. The first kappa shape index (κ1) is 42.8. The van der Waals surface area contributed by atoms with E-state index in [-0.39, 0.29) is 45.0 Å². The summed E-state index contributed by atoms with van der Waals surface area (Å²) in [5, 5.41) is 27.2. The molecule has 0 saturated carbocycles. The number of guanidine groups is 1. The predicted octanol–water partition coefficient (Wildman–Crippen LogP) is -3.98. The minimum absolute atomic E-state index is 0.103. The van der Waals surface area contributed by atoms with Crippen LogP contribution in [0.3, 0.4) is 0 Å². The van der Waals surface area contributed by atoms with Gasteiger partial charge in [0.25, 0.3) is 0 Å². The molecule has 20 nitrogen and oxygen atoms in total. The number of hydrogen-bond acceptors (Lipinski definition) is 11. The molecular formula is C33H57N11O9. The minimum atomic E-state index is -1.27. The molecule has 0 bridgehead atoms. The number of aliphatic hydroxyl groups excluding tert-OH is 1. The first-order valence-electron chi connectivity index (χ1n) is 18.4. The molecule has 13 N–H and O–H groups in total. The number of aliphatic carboxylic acids is 1. The highest BCUT2D eigenvalue weighted by Crippen LogP contribution is 2.23. The number of carboxylic acids is 1. The maximum Gasteiger partial charge on any atom is 0.326 e. The van der Waals surface area contributed by atoms with Gasteiger partial charge in [0.1, 0.15) is 36.3 Å². The maximum absolute atomic E-state index is 14.0. The van der Waals surface area contributed by atoms with Crippen LogP contribution in [-0.4, -0.2) is 154 Å². The lowest BCUT2D eigenvalue weighted by atomic mass is 10.0. The Balaban J connectivity index is 1.73. The van der Waals surface area contributed by atoms with Crippen molar-refractivity contribution in [2.45, 2.75) is 120 Å². The molecule has 0 spiro atoms. The summed E-state index contributed by atoms with van der Waals surface area (Å²) < 4.78 is 0. The van der Waals surface area contributed by atoms with E-state index in [0.717, 1.165) is 0 Å². The van der Waals surface area contributed by atoms with Gasteiger partial charge in [-0.3, -0.25) is 33.8 Å². The first-order valence-corrected chi connectivity index (χ1v) is 18.4. The smallest absolute Gasteiger partial charge is 0.326 e. The van der Waals surface area contributed by atoms with Crippen molar-refractivity contribution in [3.8, 4) is 0 Å². The molecule has 0 aromatic carbocycles. The standard InChI is InChI=1S/C33H57N11O9/c1-19(45)26(35)29(49)41-20(8-2-3-13-34)30(50)44-17-6-11-23(44)28(48)40-21(9-4-14-38-33(36)37)31(51)43-16-5-10-22(43)27(47)39-18-25(46)42-15-7-12-24(42)32(52)53/h19-24,26,45H,2-18,34-35H2,1H3,(H,39,47)(H,40,48)(H,41,49)(H,52,53)(H4,36,37,38)/t19-,20+,21+,22+,23+,24+,26+/m1/s1. The summed E-state index contributed by atoms with van der Waals surface area (Å²) in [4.78, 5) is 99.9. The van der Waals surface area contributed by atoms with Crippen molar-refractivity contribution in [2.24, 2.45) is 27.9 Å². The zero-order valence-corrected chi connectivity index (χ0v) is 30.4. The molecule has 298 valence electrons. The predicted molar refractivity (Wildman–Crippen MR) is 191 cm³/mol. The Morgan fingerprint density at radius 2 is 1.30 bits per heavy atom. The molecule has 3 rings (SSSR count). The molecule has 3 saturated heterocycles. The molecule has 0 aromatic heterocycles. The van der Waals surface area contributed by atoms with Crippen LogP contribution in [0.4, 0.5) is 0 Å². The van der Waals surface area contributed by atoms with Crippen LogP contribution < -0.4 is 38.9 Å². The molecule has 0 aromatic rings. The number of carbonyl (C=O) groups excluding carboxylic acids is 6. The Morgan fingerprint density at radius 3 is 1.85 bits per heavy atom. The second-order valence-electron chi connectivity index (χ2n) is 13.8. The van der Waals surface area contributed by atoms with Crippen LogP contribution in [0.2, 0.25) is 0 Å². The fraction of sp³-hybridized carbons (Fsp3) is 0.758. The van der Waals surface area contributed by atoms with Gasteiger partial charge in [0.15, 0.2) is 5.96 Å². The molecule has 0 radical (unpaired) electrons. The van der Waals surface area contributed by atoms with E-state index >= 15 is 0 Å². The zero-order valence-electron chi connectivity index (χ0n) is 30.4. The van der Waals surface area contributed by atoms with E-state index in [2.05, 4.69) is 20.9 Å². The number of nitrogens with zero attached hydrogens (tertiary/aromatic N) is 4. The van der Waals surface area contributed by atoms with Gasteiger partial charge < -0.3 is 63.8 Å². The number of amides is 6. The highest BCUT2D eigenvalue weighted by Gasteiger charge is 2.42. The van der Waals surface area contributed by atoms with E-state index in [1.807, 2.05) is 0 Å². The summed E-state index contributed by atoms with van der Waals surface area (Å²) in [5.41, 5.74) is 22.3. The molecule has 0 unspecified atom stereocenters. The van der Waals surface area contributed by atoms with Crippen LogP contribution in [0.1, 0.15) is 77.6 Å². The van der Waals surface area contributed by atoms with E-state index in [9.17, 15) is 43.8 Å². The second kappa shape index (κ2) is 20.6. The van der Waals surface area contributed by atoms with Crippen LogP contribution in [0.5, 0.6) is 0 Å². The van der Waals surface area contributed by atoms with Gasteiger partial charge in [-0.1, -0.05) is 0 Å². The molecule has 7 atom stereocenters. The third-order valence-electron chi connectivity index (χ3n) is 9.89. The van der Waals surface area contributed by atoms with Gasteiger partial charge >= 0.3 is 5.97 Å². The van der Waals surface area contributed by atoms with Crippen molar-refractivity contribution in [1.29, 1.82) is 0 Å². The van der Waals surface area contributed by atoms with Crippen LogP contribution in [-0.2, 0) is 33.6 Å². The topological polar surface area (TPSA) is 322 Å². The number of aliphatic hydroxyl groups is 1. The Morgan fingerprint density at radius 1 is 0.774 bits per heavy atom. The van der Waals surface area contributed by atoms with Crippen molar-refractivity contribution in [1.82, 2.24) is 30.7 Å². The molecule has 20 heteroatoms. The summed E-state index contributed by atoms with van der Waals surface area (Å²) >= 11 is 0. The lowest BCUT2D eigenvalue weighted by molar-refractivity contribution is -0.148. The summed E-state index contributed by atoms with van der Waals surface area (Å²) in [6.07, 6.45) is 3.00. The van der Waals surface area contributed by atoms with Gasteiger partial charge in [-0.15, -0.1) is 0 Å². The van der Waals surface area contributed by atoms with E-state index in [1.54, 1.807) is 0 Å². The number of nitrogens with two attached hydrogens (primary N) is 4. The Hall–Kier alpha value is -4.56. The van der Waals surface area contributed by atoms with Crippen molar-refractivity contribution in [3.63, 3.8) is 0 Å². The monoisotopic (exact) mass is 751 g/mol. The average Bonchev–Trinajstić information content (AvgIpc) is 3.91. The number of carbonyl (C=O) groups is 7. The van der Waals surface area contributed by atoms with E-state index in [4.69, 9.17) is 22.9 Å². The molecule has 6 amide bonds. The van der Waals surface area contributed by atoms with Gasteiger partial charge in [0.2, 0.25) is 35.4 Å². The van der Waals surface area contributed by atoms with Crippen LogP contribution in [0.25, 0.3) is 0 Å². The fourth-order valence-corrected chi connectivity index (χ4v) is 6.98. The third kappa shape index (κ3) is 12.0. The Bertz CT molecular complexity index is 1360. The molecule has 3 heterocycles.